The molecule has 0 amide bonds. The number of rotatable bonds is 3. The number of hydrogen-bond donors (Lipinski definition) is 1. The molecule has 1 aliphatic rings. The Kier molecular flexibility index (Phi) is 4.26. The van der Waals surface area contributed by atoms with Gasteiger partial charge < -0.3 is 10.0 Å². The van der Waals surface area contributed by atoms with Crippen molar-refractivity contribution >= 4 is 27.8 Å². The van der Waals surface area contributed by atoms with Crippen molar-refractivity contribution in [3.05, 3.63) is 69.6 Å². The highest BCUT2D eigenvalue weighted by Crippen LogP contribution is 2.36. The summed E-state index contributed by atoms with van der Waals surface area (Å²) in [5.74, 6) is 0.577. The molecule has 1 atom stereocenters. The lowest BCUT2D eigenvalue weighted by atomic mass is 10.1. The van der Waals surface area contributed by atoms with Crippen molar-refractivity contribution in [3.63, 3.8) is 0 Å². The summed E-state index contributed by atoms with van der Waals surface area (Å²) >= 11 is 0. The van der Waals surface area contributed by atoms with Crippen LogP contribution in [0, 0.1) is 21.6 Å². The van der Waals surface area contributed by atoms with Crippen LogP contribution in [-0.2, 0) is 10.7 Å². The minimum atomic E-state index is -0.628. The van der Waals surface area contributed by atoms with Crippen LogP contribution in [0.1, 0.15) is 5.56 Å². The Morgan fingerprint density at radius 1 is 1.25 bits per heavy atom. The summed E-state index contributed by atoms with van der Waals surface area (Å²) in [4.78, 5) is 12.2. The first-order valence-electron chi connectivity index (χ1n) is 6.92. The van der Waals surface area contributed by atoms with E-state index in [-0.39, 0.29) is 11.4 Å². The predicted octanol–water partition coefficient (Wildman–Crippen LogP) is 3.36. The van der Waals surface area contributed by atoms with E-state index >= 15 is 0 Å². The topological polar surface area (TPSA) is 103 Å². The van der Waals surface area contributed by atoms with Crippen LogP contribution in [0.15, 0.2) is 58.3 Å². The van der Waals surface area contributed by atoms with E-state index in [1.807, 2.05) is 16.4 Å². The van der Waals surface area contributed by atoms with E-state index in [9.17, 15) is 15.2 Å². The Morgan fingerprint density at radius 3 is 2.58 bits per heavy atom. The monoisotopic (exact) mass is 340 g/mol. The van der Waals surface area contributed by atoms with E-state index in [1.165, 1.54) is 12.1 Å². The molecule has 1 N–H and O–H groups in total. The zero-order valence-corrected chi connectivity index (χ0v) is 13.2. The minimum absolute atomic E-state index is 0.00625. The molecule has 0 fully saturated rings. The minimum Gasteiger partial charge on any atom is -0.507 e. The van der Waals surface area contributed by atoms with Crippen molar-refractivity contribution in [1.29, 1.82) is 5.26 Å². The number of non-ortho nitro benzene ring substituents is 1. The number of phenolic OH excluding ortho intramolecular Hbond substituents is 1. The second kappa shape index (κ2) is 6.52. The van der Waals surface area contributed by atoms with Crippen molar-refractivity contribution in [2.75, 3.05) is 10.8 Å². The van der Waals surface area contributed by atoms with Gasteiger partial charge in [-0.05, 0) is 35.0 Å². The van der Waals surface area contributed by atoms with Crippen molar-refractivity contribution in [2.45, 2.75) is 0 Å². The maximum Gasteiger partial charge on any atom is 0.269 e. The lowest BCUT2D eigenvalue weighted by Gasteiger charge is -2.22. The lowest BCUT2D eigenvalue weighted by molar-refractivity contribution is -0.384. The van der Waals surface area contributed by atoms with Gasteiger partial charge in [0.2, 0.25) is 6.19 Å². The normalized spacial score (nSPS) is 16.7. The third kappa shape index (κ3) is 2.98. The molecule has 0 aliphatic carbocycles. The van der Waals surface area contributed by atoms with Gasteiger partial charge in [0.1, 0.15) is 5.75 Å². The molecule has 2 aromatic rings. The van der Waals surface area contributed by atoms with Crippen molar-refractivity contribution < 1.29 is 10.0 Å². The molecule has 0 spiro atoms. The Labute approximate surface area is 140 Å². The van der Waals surface area contributed by atoms with Crippen LogP contribution >= 0.6 is 0 Å². The summed E-state index contributed by atoms with van der Waals surface area (Å²) < 4.78 is 3.88. The van der Waals surface area contributed by atoms with Crippen LogP contribution < -0.4 is 4.90 Å². The summed E-state index contributed by atoms with van der Waals surface area (Å²) in [5.41, 5.74) is 2.09. The molecule has 7 nitrogen and oxygen atoms in total. The number of nitro groups is 1. The second-order valence-corrected chi connectivity index (χ2v) is 6.42. The molecule has 0 radical (unpaired) electrons. The molecule has 0 aromatic heterocycles. The maximum atomic E-state index is 10.8. The molecule has 1 heterocycles. The fraction of sp³-hybridized carbons (Fsp3) is 0.0625. The van der Waals surface area contributed by atoms with Crippen molar-refractivity contribution in [2.24, 2.45) is 4.36 Å². The van der Waals surface area contributed by atoms with E-state index in [0.717, 1.165) is 11.4 Å². The molecule has 2 aromatic carbocycles. The summed E-state index contributed by atoms with van der Waals surface area (Å²) in [6, 6.07) is 13.0. The number of aromatic hydroxyl groups is 1. The zero-order valence-electron chi connectivity index (χ0n) is 12.4. The van der Waals surface area contributed by atoms with E-state index in [1.54, 1.807) is 36.5 Å². The van der Waals surface area contributed by atoms with Gasteiger partial charge in [0.25, 0.3) is 5.69 Å². The average Bonchev–Trinajstić information content (AvgIpc) is 2.99. The average molecular weight is 340 g/mol. The molecule has 24 heavy (non-hydrogen) atoms. The number of para-hydroxylation sites is 1. The molecule has 0 saturated heterocycles. The van der Waals surface area contributed by atoms with Gasteiger partial charge in [0, 0.05) is 28.8 Å². The number of anilines is 1. The van der Waals surface area contributed by atoms with Gasteiger partial charge in [-0.25, -0.2) is 0 Å². The number of nitriles is 1. The van der Waals surface area contributed by atoms with Crippen molar-refractivity contribution in [3.8, 4) is 11.9 Å². The number of benzene rings is 2. The van der Waals surface area contributed by atoms with Crippen molar-refractivity contribution in [1.82, 2.24) is 0 Å². The highest BCUT2D eigenvalue weighted by Gasteiger charge is 2.24. The van der Waals surface area contributed by atoms with Gasteiger partial charge in [-0.1, -0.05) is 12.1 Å². The van der Waals surface area contributed by atoms with E-state index in [4.69, 9.17) is 5.26 Å². The second-order valence-electron chi connectivity index (χ2n) is 4.94. The molecular weight excluding hydrogens is 328 g/mol. The van der Waals surface area contributed by atoms with Gasteiger partial charge in [0.15, 0.2) is 0 Å². The smallest absolute Gasteiger partial charge is 0.269 e. The highest BCUT2D eigenvalue weighted by atomic mass is 32.2. The van der Waals surface area contributed by atoms with Gasteiger partial charge in [-0.3, -0.25) is 10.1 Å². The summed E-state index contributed by atoms with van der Waals surface area (Å²) in [6.07, 6.45) is 1.81. The van der Waals surface area contributed by atoms with Crippen LogP contribution in [0.5, 0.6) is 5.75 Å². The molecule has 8 heteroatoms. The fourth-order valence-electron chi connectivity index (χ4n) is 2.41. The van der Waals surface area contributed by atoms with Gasteiger partial charge >= 0.3 is 0 Å². The molecule has 0 bridgehead atoms. The summed E-state index contributed by atoms with van der Waals surface area (Å²) in [6.45, 7) is 0. The number of nitro benzene ring substituents is 1. The van der Waals surface area contributed by atoms with Gasteiger partial charge in [0.05, 0.1) is 16.5 Å². The van der Waals surface area contributed by atoms with Gasteiger partial charge in [-0.2, -0.15) is 5.26 Å². The quantitative estimate of drug-likeness (QED) is 0.524. The van der Waals surface area contributed by atoms with Crippen LogP contribution in [-0.4, -0.2) is 15.9 Å². The SMILES string of the molecule is N#CN=S1C=C(c2ccccc2O)N(c2ccc([N+](=O)[O-])cc2)C1. The zero-order chi connectivity index (χ0) is 17.1. The maximum absolute atomic E-state index is 10.8. The molecule has 0 saturated carbocycles. The first kappa shape index (κ1) is 15.7. The highest BCUT2D eigenvalue weighted by molar-refractivity contribution is 7.91. The molecule has 120 valence electrons. The van der Waals surface area contributed by atoms with Crippen LogP contribution in [0.3, 0.4) is 0 Å². The number of hydrogen-bond acceptors (Lipinski definition) is 6. The first-order valence-corrected chi connectivity index (χ1v) is 8.33. The van der Waals surface area contributed by atoms with Gasteiger partial charge in [-0.15, -0.1) is 4.36 Å². The standard InChI is InChI=1S/C16H12N4O3S/c17-10-18-24-9-15(14-3-1-2-4-16(14)21)19(11-24)12-5-7-13(8-6-12)20(22)23/h1-9,21H,11H2. The molecule has 1 unspecified atom stereocenters. The van der Waals surface area contributed by atoms with Crippen LogP contribution in [0.25, 0.3) is 5.70 Å². The van der Waals surface area contributed by atoms with Crippen LogP contribution in [0.4, 0.5) is 11.4 Å². The number of nitrogens with zero attached hydrogens (tertiary/aromatic N) is 4. The third-order valence-electron chi connectivity index (χ3n) is 3.51. The van der Waals surface area contributed by atoms with E-state index < -0.39 is 15.6 Å². The molecule has 3 rings (SSSR count). The summed E-state index contributed by atoms with van der Waals surface area (Å²) in [7, 11) is -0.628. The van der Waals surface area contributed by atoms with Crippen LogP contribution in [0.2, 0.25) is 0 Å². The number of phenols is 1. The lowest BCUT2D eigenvalue weighted by Crippen LogP contribution is -2.19. The fourth-order valence-corrected chi connectivity index (χ4v) is 3.76. The Balaban J connectivity index is 2.04. The Morgan fingerprint density at radius 2 is 1.96 bits per heavy atom. The first-order chi connectivity index (χ1) is 11.6. The Bertz CT molecular complexity index is 900. The molecular formula is C16H12N4O3S. The largest absolute Gasteiger partial charge is 0.507 e. The summed E-state index contributed by atoms with van der Waals surface area (Å²) in [5, 5.41) is 31.6. The van der Waals surface area contributed by atoms with E-state index in [0.29, 0.717) is 11.4 Å². The predicted molar refractivity (Wildman–Crippen MR) is 91.9 cm³/mol. The molecule has 1 aliphatic heterocycles. The van der Waals surface area contributed by atoms with E-state index in [2.05, 4.69) is 4.36 Å². The third-order valence-corrected chi connectivity index (χ3v) is 4.84. The Hall–Kier alpha value is -3.18.